The summed E-state index contributed by atoms with van der Waals surface area (Å²) in [6.45, 7) is 19.3. The van der Waals surface area contributed by atoms with Crippen LogP contribution in [0.15, 0.2) is 24.3 Å². The Morgan fingerprint density at radius 1 is 0.329 bits per heavy atom. The summed E-state index contributed by atoms with van der Waals surface area (Å²) in [5.74, 6) is 1.88. The minimum Gasteiger partial charge on any atom is -0.462 e. The van der Waals surface area contributed by atoms with Gasteiger partial charge in [0.05, 0.1) is 0 Å². The Labute approximate surface area is 442 Å². The van der Waals surface area contributed by atoms with E-state index in [-0.39, 0.29) is 12.1 Å². The largest absolute Gasteiger partial charge is 0.462 e. The normalized spacial score (nSPS) is 13.0. The second-order valence-electron chi connectivity index (χ2n) is 23.6. The van der Waals surface area contributed by atoms with Crippen LogP contribution in [-0.4, -0.2) is 37.6 Å². The van der Waals surface area contributed by atoms with Gasteiger partial charge in [-0.15, -0.1) is 0 Å². The fourth-order valence-electron chi connectivity index (χ4n) is 11.1. The molecule has 0 aromatic rings. The molecule has 0 N–H and O–H groups in total. The SMILES string of the molecule is C=C(CCCCCCCCCCCC(CCCCCCCCCCCC(=C)CCC(CCCCCC)CCCCCCCC)OC(=O)CCCN(C)C)CCC(CCCCCC)CCCCCCCC. The highest BCUT2D eigenvalue weighted by atomic mass is 16.5. The molecular weight excluding hydrogens is 851 g/mol. The zero-order valence-electron chi connectivity index (χ0n) is 49.4. The number of hydrogen-bond donors (Lipinski definition) is 0. The minimum atomic E-state index is 0.0231. The van der Waals surface area contributed by atoms with E-state index in [1.807, 2.05) is 0 Å². The number of carbonyl (C=O) groups excluding carboxylic acids is 1. The van der Waals surface area contributed by atoms with Crippen molar-refractivity contribution < 1.29 is 9.53 Å². The van der Waals surface area contributed by atoms with Gasteiger partial charge >= 0.3 is 5.97 Å². The van der Waals surface area contributed by atoms with E-state index in [0.29, 0.717) is 6.42 Å². The molecule has 0 heterocycles. The summed E-state index contributed by atoms with van der Waals surface area (Å²) in [5, 5.41) is 0. The van der Waals surface area contributed by atoms with Crippen molar-refractivity contribution in [2.75, 3.05) is 20.6 Å². The summed E-state index contributed by atoms with van der Waals surface area (Å²) < 4.78 is 6.12. The maximum absolute atomic E-state index is 12.8. The van der Waals surface area contributed by atoms with Crippen molar-refractivity contribution in [3.63, 3.8) is 0 Å². The third kappa shape index (κ3) is 51.8. The molecular formula is C67H131NO2. The summed E-state index contributed by atoms with van der Waals surface area (Å²) in [5.41, 5.74) is 3.04. The van der Waals surface area contributed by atoms with Crippen molar-refractivity contribution in [1.82, 2.24) is 4.90 Å². The van der Waals surface area contributed by atoms with Gasteiger partial charge < -0.3 is 9.64 Å². The maximum atomic E-state index is 12.8. The van der Waals surface area contributed by atoms with Crippen LogP contribution < -0.4 is 0 Å². The Bertz CT molecular complexity index is 1010. The molecule has 0 aliphatic heterocycles. The average molecular weight is 983 g/mol. The summed E-state index contributed by atoms with van der Waals surface area (Å²) in [7, 11) is 4.16. The number of hydrogen-bond acceptors (Lipinski definition) is 3. The fraction of sp³-hybridized carbons (Fsp3) is 0.925. The Kier molecular flexibility index (Phi) is 54.8. The molecule has 2 atom stereocenters. The Hall–Kier alpha value is -1.09. The summed E-state index contributed by atoms with van der Waals surface area (Å²) >= 11 is 0. The summed E-state index contributed by atoms with van der Waals surface area (Å²) in [4.78, 5) is 14.9. The van der Waals surface area contributed by atoms with Crippen LogP contribution in [0.5, 0.6) is 0 Å². The van der Waals surface area contributed by atoms with Crippen LogP contribution in [-0.2, 0) is 9.53 Å². The predicted octanol–water partition coefficient (Wildman–Crippen LogP) is 23.2. The van der Waals surface area contributed by atoms with Gasteiger partial charge in [-0.1, -0.05) is 296 Å². The molecule has 0 spiro atoms. The van der Waals surface area contributed by atoms with Crippen molar-refractivity contribution in [3.05, 3.63) is 24.3 Å². The lowest BCUT2D eigenvalue weighted by Crippen LogP contribution is -2.20. The van der Waals surface area contributed by atoms with E-state index in [1.165, 1.54) is 319 Å². The van der Waals surface area contributed by atoms with Crippen molar-refractivity contribution in [3.8, 4) is 0 Å². The first-order valence-electron chi connectivity index (χ1n) is 32.4. The molecule has 0 fully saturated rings. The molecule has 0 saturated heterocycles. The monoisotopic (exact) mass is 982 g/mol. The molecule has 2 unspecified atom stereocenters. The molecule has 0 saturated carbocycles. The second-order valence-corrected chi connectivity index (χ2v) is 23.6. The molecule has 416 valence electrons. The Balaban J connectivity index is 4.24. The number of rotatable bonds is 59. The van der Waals surface area contributed by atoms with Crippen LogP contribution in [0.25, 0.3) is 0 Å². The van der Waals surface area contributed by atoms with E-state index in [9.17, 15) is 4.79 Å². The van der Waals surface area contributed by atoms with Gasteiger partial charge in [-0.05, 0) is 116 Å². The quantitative estimate of drug-likeness (QED) is 0.0346. The van der Waals surface area contributed by atoms with Crippen LogP contribution in [0.1, 0.15) is 362 Å². The van der Waals surface area contributed by atoms with Crippen LogP contribution in [0.4, 0.5) is 0 Å². The van der Waals surface area contributed by atoms with Gasteiger partial charge in [0, 0.05) is 6.42 Å². The van der Waals surface area contributed by atoms with Gasteiger partial charge in [0.1, 0.15) is 6.10 Å². The molecule has 3 heteroatoms. The van der Waals surface area contributed by atoms with Crippen LogP contribution >= 0.6 is 0 Å². The van der Waals surface area contributed by atoms with Gasteiger partial charge in [0.2, 0.25) is 0 Å². The third-order valence-corrected chi connectivity index (χ3v) is 16.1. The lowest BCUT2D eigenvalue weighted by molar-refractivity contribution is -0.150. The van der Waals surface area contributed by atoms with Crippen LogP contribution in [0, 0.1) is 11.8 Å². The molecule has 0 bridgehead atoms. The van der Waals surface area contributed by atoms with Crippen LogP contribution in [0.3, 0.4) is 0 Å². The summed E-state index contributed by atoms with van der Waals surface area (Å²) in [6, 6.07) is 0. The number of esters is 1. The smallest absolute Gasteiger partial charge is 0.306 e. The predicted molar refractivity (Wildman–Crippen MR) is 316 cm³/mol. The molecule has 0 aliphatic rings. The maximum Gasteiger partial charge on any atom is 0.306 e. The molecule has 0 aliphatic carbocycles. The van der Waals surface area contributed by atoms with Gasteiger partial charge in [-0.2, -0.15) is 0 Å². The summed E-state index contributed by atoms with van der Waals surface area (Å²) in [6.07, 6.45) is 69.5. The number of nitrogens with zero attached hydrogens (tertiary/aromatic N) is 1. The van der Waals surface area contributed by atoms with Gasteiger partial charge in [0.25, 0.3) is 0 Å². The van der Waals surface area contributed by atoms with Crippen molar-refractivity contribution in [2.24, 2.45) is 11.8 Å². The highest BCUT2D eigenvalue weighted by molar-refractivity contribution is 5.69. The highest BCUT2D eigenvalue weighted by Crippen LogP contribution is 2.28. The van der Waals surface area contributed by atoms with E-state index in [0.717, 1.165) is 37.6 Å². The first kappa shape index (κ1) is 68.9. The number of ether oxygens (including phenoxy) is 1. The lowest BCUT2D eigenvalue weighted by Gasteiger charge is -2.18. The Morgan fingerprint density at radius 2 is 0.600 bits per heavy atom. The van der Waals surface area contributed by atoms with E-state index >= 15 is 0 Å². The topological polar surface area (TPSA) is 29.5 Å². The zero-order chi connectivity index (χ0) is 51.2. The molecule has 0 aromatic carbocycles. The number of carbonyl (C=O) groups is 1. The van der Waals surface area contributed by atoms with E-state index in [4.69, 9.17) is 4.74 Å². The van der Waals surface area contributed by atoms with Crippen molar-refractivity contribution >= 4 is 5.97 Å². The van der Waals surface area contributed by atoms with E-state index < -0.39 is 0 Å². The van der Waals surface area contributed by atoms with E-state index in [1.54, 1.807) is 0 Å². The van der Waals surface area contributed by atoms with Crippen molar-refractivity contribution in [1.29, 1.82) is 0 Å². The highest BCUT2D eigenvalue weighted by Gasteiger charge is 2.15. The fourth-order valence-corrected chi connectivity index (χ4v) is 11.1. The first-order chi connectivity index (χ1) is 34.2. The number of allylic oxidation sites excluding steroid dienone is 2. The molecule has 0 rings (SSSR count). The van der Waals surface area contributed by atoms with Gasteiger partial charge in [0.15, 0.2) is 0 Å². The first-order valence-corrected chi connectivity index (χ1v) is 32.4. The van der Waals surface area contributed by atoms with Crippen LogP contribution in [0.2, 0.25) is 0 Å². The molecule has 70 heavy (non-hydrogen) atoms. The molecule has 0 aromatic heterocycles. The molecule has 0 radical (unpaired) electrons. The minimum absolute atomic E-state index is 0.0231. The Morgan fingerprint density at radius 3 is 0.914 bits per heavy atom. The number of unbranched alkanes of at least 4 members (excludes halogenated alkanes) is 32. The second kappa shape index (κ2) is 55.7. The van der Waals surface area contributed by atoms with Gasteiger partial charge in [-0.3, -0.25) is 4.79 Å². The van der Waals surface area contributed by atoms with Gasteiger partial charge in [-0.25, -0.2) is 0 Å². The van der Waals surface area contributed by atoms with Crippen molar-refractivity contribution in [2.45, 2.75) is 368 Å². The van der Waals surface area contributed by atoms with E-state index in [2.05, 4.69) is 59.8 Å². The molecule has 0 amide bonds. The zero-order valence-corrected chi connectivity index (χ0v) is 49.4. The molecule has 3 nitrogen and oxygen atoms in total. The average Bonchev–Trinajstić information content (AvgIpc) is 3.34. The standard InChI is InChI=1S/C67H131NO2/c1-9-13-17-21-35-43-52-64(50-41-19-15-11-3)59-57-62(5)48-39-33-29-25-23-27-31-37-45-54-66(70-67(69)56-47-61-68(7)8)55-46-38-32-28-24-26-30-34-40-49-63(6)58-60-65(51-42-20-16-12-4)53-44-36-22-18-14-10-2/h64-66H,5-6,9-61H2,1-4,7-8H3. The lowest BCUT2D eigenvalue weighted by atomic mass is 9.88. The third-order valence-electron chi connectivity index (χ3n) is 16.1.